The molecule has 0 amide bonds. The number of carbonyl (C=O) groups is 1. The molecular weight excluding hydrogens is 454 g/mol. The summed E-state index contributed by atoms with van der Waals surface area (Å²) in [5, 5.41) is 0. The van der Waals surface area contributed by atoms with Gasteiger partial charge in [0.05, 0.1) is 0 Å². The highest BCUT2D eigenvalue weighted by Crippen LogP contribution is 2.67. The zero-order chi connectivity index (χ0) is 26.6. The summed E-state index contributed by atoms with van der Waals surface area (Å²) in [4.78, 5) is 12.5. The summed E-state index contributed by atoms with van der Waals surface area (Å²) in [5.41, 5.74) is 2.54. The maximum absolute atomic E-state index is 12.5. The minimum Gasteiger partial charge on any atom is -0.462 e. The van der Waals surface area contributed by atoms with Gasteiger partial charge in [-0.25, -0.2) is 0 Å². The number of hydrogen-bond acceptors (Lipinski definition) is 2. The number of rotatable bonds is 12. The second kappa shape index (κ2) is 12.6. The maximum atomic E-state index is 12.5. The molecule has 3 fully saturated rings. The molecule has 0 saturated heterocycles. The van der Waals surface area contributed by atoms with Crippen LogP contribution in [0.1, 0.15) is 151 Å². The minimum absolute atomic E-state index is 0.0485. The van der Waals surface area contributed by atoms with Crippen molar-refractivity contribution in [1.82, 2.24) is 0 Å². The summed E-state index contributed by atoms with van der Waals surface area (Å²) in [7, 11) is 0. The van der Waals surface area contributed by atoms with Crippen LogP contribution in [0.3, 0.4) is 0 Å². The minimum atomic E-state index is 0.0485. The standard InChI is InChI=1S/C35H60O2/c1-7-8-9-10-11-15-33(36)37-28-20-22-34(5)27(24-28)16-17-29-31-19-18-30(26(4)14-12-13-25(2)3)35(31,6)23-21-32(29)34/h16,25-26,28-32H,7-15,17-24H2,1-6H3/t26-,28+,29+,30-,31+,32+,34+,35-/m1/s1/i24+1,28+1. The van der Waals surface area contributed by atoms with Crippen LogP contribution in [0.4, 0.5) is 0 Å². The first-order valence-electron chi connectivity index (χ1n) is 16.6. The zero-order valence-corrected chi connectivity index (χ0v) is 25.5. The Morgan fingerprint density at radius 3 is 2.49 bits per heavy atom. The fourth-order valence-corrected chi connectivity index (χ4v) is 9.87. The second-order valence-corrected chi connectivity index (χ2v) is 14.8. The van der Waals surface area contributed by atoms with E-state index in [1.165, 1.54) is 77.0 Å². The lowest BCUT2D eigenvalue weighted by Crippen LogP contribution is -2.51. The normalized spacial score (nSPS) is 37.9. The Hall–Kier alpha value is -0.790. The molecule has 0 aliphatic heterocycles. The predicted molar refractivity (Wildman–Crippen MR) is 156 cm³/mol. The molecule has 0 aromatic heterocycles. The van der Waals surface area contributed by atoms with Crippen LogP contribution in [0.2, 0.25) is 0 Å². The van der Waals surface area contributed by atoms with Gasteiger partial charge in [-0.2, -0.15) is 0 Å². The number of ether oxygens (including phenoxy) is 1. The van der Waals surface area contributed by atoms with Crippen molar-refractivity contribution in [3.8, 4) is 0 Å². The number of esters is 1. The molecule has 212 valence electrons. The fourth-order valence-electron chi connectivity index (χ4n) is 9.87. The van der Waals surface area contributed by atoms with E-state index in [-0.39, 0.29) is 12.1 Å². The Balaban J connectivity index is 1.34. The molecule has 0 unspecified atom stereocenters. The molecule has 4 aliphatic rings. The lowest BCUT2D eigenvalue weighted by molar-refractivity contribution is -0.151. The summed E-state index contributed by atoms with van der Waals surface area (Å²) < 4.78 is 6.02. The first-order chi connectivity index (χ1) is 17.7. The van der Waals surface area contributed by atoms with Crippen LogP contribution >= 0.6 is 0 Å². The Morgan fingerprint density at radius 1 is 0.946 bits per heavy atom. The number of unbranched alkanes of at least 4 members (excludes halogenated alkanes) is 4. The number of hydrogen-bond donors (Lipinski definition) is 0. The van der Waals surface area contributed by atoms with Crippen molar-refractivity contribution in [1.29, 1.82) is 0 Å². The average Bonchev–Trinajstić information content (AvgIpc) is 3.21. The second-order valence-electron chi connectivity index (χ2n) is 14.8. The van der Waals surface area contributed by atoms with Gasteiger partial charge in [0, 0.05) is 12.8 Å². The summed E-state index contributed by atoms with van der Waals surface area (Å²) in [6, 6.07) is 0. The van der Waals surface area contributed by atoms with Gasteiger partial charge in [-0.15, -0.1) is 0 Å². The molecule has 0 aromatic carbocycles. The van der Waals surface area contributed by atoms with Crippen LogP contribution in [-0.2, 0) is 9.53 Å². The molecule has 0 spiro atoms. The Labute approximate surface area is 230 Å². The van der Waals surface area contributed by atoms with E-state index in [2.05, 4.69) is 47.6 Å². The first kappa shape index (κ1) is 29.2. The number of carbonyl (C=O) groups excluding carboxylic acids is 1. The SMILES string of the molecule is CCCCCCCC(=O)O[13C@H]1CC[C@@]2(C)C(=CC[C@H]3[C@@H]4CC[C@H]([C@H](C)CCCC(C)C)[C@@]4(C)CC[C@@H]32)[13CH2]1. The summed E-state index contributed by atoms with van der Waals surface area (Å²) in [5.74, 6) is 5.34. The van der Waals surface area contributed by atoms with Gasteiger partial charge in [-0.1, -0.05) is 98.1 Å². The van der Waals surface area contributed by atoms with E-state index in [1.54, 1.807) is 5.57 Å². The Morgan fingerprint density at radius 2 is 1.73 bits per heavy atom. The van der Waals surface area contributed by atoms with Crippen molar-refractivity contribution >= 4 is 5.97 Å². The van der Waals surface area contributed by atoms with E-state index in [9.17, 15) is 4.79 Å². The molecule has 4 aliphatic carbocycles. The Bertz CT molecular complexity index is 782. The molecule has 2 nitrogen and oxygen atoms in total. The highest BCUT2D eigenvalue weighted by molar-refractivity contribution is 5.69. The van der Waals surface area contributed by atoms with Crippen molar-refractivity contribution < 1.29 is 9.53 Å². The van der Waals surface area contributed by atoms with Gasteiger partial charge >= 0.3 is 5.97 Å². The van der Waals surface area contributed by atoms with E-state index in [1.807, 2.05) is 0 Å². The van der Waals surface area contributed by atoms with E-state index in [0.717, 1.165) is 61.2 Å². The van der Waals surface area contributed by atoms with Crippen molar-refractivity contribution in [3.05, 3.63) is 11.6 Å². The topological polar surface area (TPSA) is 26.3 Å². The lowest BCUT2D eigenvalue weighted by atomic mass is 9.48. The highest BCUT2D eigenvalue weighted by Gasteiger charge is 2.59. The third-order valence-corrected chi connectivity index (χ3v) is 12.0. The molecule has 4 rings (SSSR count). The Kier molecular flexibility index (Phi) is 9.94. The molecule has 0 N–H and O–H groups in total. The van der Waals surface area contributed by atoms with Gasteiger partial charge in [0.25, 0.3) is 0 Å². The van der Waals surface area contributed by atoms with E-state index >= 15 is 0 Å². The van der Waals surface area contributed by atoms with Crippen molar-refractivity contribution in [2.45, 2.75) is 157 Å². The largest absolute Gasteiger partial charge is 0.462 e. The molecule has 0 bridgehead atoms. The summed E-state index contributed by atoms with van der Waals surface area (Å²) in [6.07, 6.45) is 23.9. The van der Waals surface area contributed by atoms with Gasteiger partial charge in [-0.05, 0) is 97.7 Å². The van der Waals surface area contributed by atoms with Gasteiger partial charge in [-0.3, -0.25) is 4.79 Å². The lowest BCUT2D eigenvalue weighted by Gasteiger charge is -2.58. The van der Waals surface area contributed by atoms with Gasteiger partial charge in [0.2, 0.25) is 0 Å². The third kappa shape index (κ3) is 6.35. The number of allylic oxidation sites excluding steroid dienone is 1. The van der Waals surface area contributed by atoms with Crippen LogP contribution < -0.4 is 0 Å². The van der Waals surface area contributed by atoms with Crippen molar-refractivity contribution in [3.63, 3.8) is 0 Å². The number of fused-ring (bicyclic) bond motifs is 5. The molecular formula is C35H60O2. The third-order valence-electron chi connectivity index (χ3n) is 12.0. The average molecular weight is 515 g/mol. The fraction of sp³-hybridized carbons (Fsp3) is 0.914. The van der Waals surface area contributed by atoms with Crippen LogP contribution in [0.5, 0.6) is 0 Å². The molecule has 2 heteroatoms. The quantitative estimate of drug-likeness (QED) is 0.112. The zero-order valence-electron chi connectivity index (χ0n) is 25.5. The van der Waals surface area contributed by atoms with Crippen molar-refractivity contribution in [2.24, 2.45) is 46.3 Å². The summed E-state index contributed by atoms with van der Waals surface area (Å²) >= 11 is 0. The van der Waals surface area contributed by atoms with Gasteiger partial charge in [0.1, 0.15) is 6.10 Å². The van der Waals surface area contributed by atoms with Crippen LogP contribution in [0.15, 0.2) is 11.6 Å². The predicted octanol–water partition coefficient (Wildman–Crippen LogP) is 10.3. The highest BCUT2D eigenvalue weighted by atomic mass is 16.6. The first-order valence-corrected chi connectivity index (χ1v) is 16.6. The molecule has 0 radical (unpaired) electrons. The maximum Gasteiger partial charge on any atom is 0.306 e. The molecule has 8 atom stereocenters. The van der Waals surface area contributed by atoms with Crippen LogP contribution in [0.25, 0.3) is 0 Å². The monoisotopic (exact) mass is 514 g/mol. The van der Waals surface area contributed by atoms with Crippen LogP contribution in [-0.4, -0.2) is 12.1 Å². The van der Waals surface area contributed by atoms with Gasteiger partial charge in [0.15, 0.2) is 0 Å². The van der Waals surface area contributed by atoms with Crippen LogP contribution in [0, 0.1) is 46.3 Å². The van der Waals surface area contributed by atoms with Crippen molar-refractivity contribution in [2.75, 3.05) is 0 Å². The molecule has 3 saturated carbocycles. The molecule has 37 heavy (non-hydrogen) atoms. The van der Waals surface area contributed by atoms with E-state index in [0.29, 0.717) is 17.3 Å². The van der Waals surface area contributed by atoms with E-state index in [4.69, 9.17) is 4.74 Å². The van der Waals surface area contributed by atoms with Gasteiger partial charge < -0.3 is 4.74 Å². The smallest absolute Gasteiger partial charge is 0.306 e. The van der Waals surface area contributed by atoms with E-state index < -0.39 is 0 Å². The summed E-state index contributed by atoms with van der Waals surface area (Å²) in [6.45, 7) is 14.9. The molecule has 0 heterocycles. The molecule has 0 aromatic rings.